The third kappa shape index (κ3) is 2.42. The molecule has 2 nitrogen and oxygen atoms in total. The fourth-order valence-electron chi connectivity index (χ4n) is 2.02. The van der Waals surface area contributed by atoms with E-state index in [1.54, 1.807) is 17.8 Å². The van der Waals surface area contributed by atoms with E-state index in [1.807, 2.05) is 42.6 Å². The van der Waals surface area contributed by atoms with Crippen molar-refractivity contribution in [2.75, 3.05) is 0 Å². The summed E-state index contributed by atoms with van der Waals surface area (Å²) in [5.41, 5.74) is 1.19. The molecule has 1 heterocycles. The van der Waals surface area contributed by atoms with E-state index in [-0.39, 0.29) is 0 Å². The predicted molar refractivity (Wildman–Crippen MR) is 78.7 cm³/mol. The first-order valence-electron chi connectivity index (χ1n) is 6.05. The molecule has 3 heteroatoms. The summed E-state index contributed by atoms with van der Waals surface area (Å²) < 4.78 is 0. The van der Waals surface area contributed by atoms with E-state index in [1.165, 1.54) is 5.56 Å². The van der Waals surface area contributed by atoms with Crippen molar-refractivity contribution in [2.45, 2.75) is 16.8 Å². The van der Waals surface area contributed by atoms with Gasteiger partial charge >= 0.3 is 0 Å². The largest absolute Gasteiger partial charge is 0.507 e. The smallest absolute Gasteiger partial charge is 0.123 e. The maximum Gasteiger partial charge on any atom is 0.123 e. The standard InChI is InChI=1S/C16H13NOS/c1-11-8-9-17-16(10-11)19-15-7-6-14(18)12-4-2-3-5-13(12)15/h2-10,18H,1H3. The van der Waals surface area contributed by atoms with Crippen molar-refractivity contribution in [1.82, 2.24) is 4.98 Å². The van der Waals surface area contributed by atoms with Crippen LogP contribution in [0.25, 0.3) is 10.8 Å². The molecule has 2 aromatic carbocycles. The summed E-state index contributed by atoms with van der Waals surface area (Å²) >= 11 is 1.62. The highest BCUT2D eigenvalue weighted by atomic mass is 32.2. The van der Waals surface area contributed by atoms with Gasteiger partial charge in [-0.1, -0.05) is 36.0 Å². The van der Waals surface area contributed by atoms with Gasteiger partial charge in [0.05, 0.1) is 0 Å². The van der Waals surface area contributed by atoms with Crippen LogP contribution in [0.4, 0.5) is 0 Å². The number of aromatic nitrogens is 1. The summed E-state index contributed by atoms with van der Waals surface area (Å²) in [4.78, 5) is 5.47. The molecule has 0 spiro atoms. The van der Waals surface area contributed by atoms with Gasteiger partial charge < -0.3 is 5.11 Å². The number of rotatable bonds is 2. The monoisotopic (exact) mass is 267 g/mol. The third-order valence-corrected chi connectivity index (χ3v) is 3.97. The average molecular weight is 267 g/mol. The van der Waals surface area contributed by atoms with Gasteiger partial charge in [-0.25, -0.2) is 4.98 Å². The summed E-state index contributed by atoms with van der Waals surface area (Å²) in [6.07, 6.45) is 1.82. The number of aryl methyl sites for hydroxylation is 1. The molecule has 1 aromatic heterocycles. The number of hydrogen-bond donors (Lipinski definition) is 1. The first-order valence-corrected chi connectivity index (χ1v) is 6.87. The lowest BCUT2D eigenvalue weighted by Crippen LogP contribution is -1.83. The van der Waals surface area contributed by atoms with Crippen LogP contribution < -0.4 is 0 Å². The van der Waals surface area contributed by atoms with E-state index in [0.29, 0.717) is 5.75 Å². The molecular weight excluding hydrogens is 254 g/mol. The Morgan fingerprint density at radius 3 is 2.58 bits per heavy atom. The van der Waals surface area contributed by atoms with Crippen molar-refractivity contribution < 1.29 is 5.11 Å². The Morgan fingerprint density at radius 2 is 1.79 bits per heavy atom. The minimum absolute atomic E-state index is 0.317. The van der Waals surface area contributed by atoms with Crippen LogP contribution in [-0.2, 0) is 0 Å². The molecular formula is C16H13NOS. The molecule has 0 unspecified atom stereocenters. The van der Waals surface area contributed by atoms with Gasteiger partial charge in [0.15, 0.2) is 0 Å². The van der Waals surface area contributed by atoms with Gasteiger partial charge in [0, 0.05) is 16.5 Å². The van der Waals surface area contributed by atoms with Crippen molar-refractivity contribution in [1.29, 1.82) is 0 Å². The summed E-state index contributed by atoms with van der Waals surface area (Å²) in [6.45, 7) is 2.06. The number of aromatic hydroxyl groups is 1. The number of phenolic OH excluding ortho intramolecular Hbond substituents is 1. The Balaban J connectivity index is 2.09. The molecule has 94 valence electrons. The number of nitrogens with zero attached hydrogens (tertiary/aromatic N) is 1. The molecule has 0 bridgehead atoms. The minimum atomic E-state index is 0.317. The molecule has 0 amide bonds. The lowest BCUT2D eigenvalue weighted by molar-refractivity contribution is 0.481. The van der Waals surface area contributed by atoms with Crippen LogP contribution in [0.2, 0.25) is 0 Å². The highest BCUT2D eigenvalue weighted by Crippen LogP contribution is 2.36. The van der Waals surface area contributed by atoms with Gasteiger partial charge in [-0.15, -0.1) is 0 Å². The lowest BCUT2D eigenvalue weighted by atomic mass is 10.1. The zero-order valence-corrected chi connectivity index (χ0v) is 11.3. The molecule has 0 aliphatic heterocycles. The summed E-state index contributed by atoms with van der Waals surface area (Å²) in [5.74, 6) is 0.317. The molecule has 0 saturated carbocycles. The second kappa shape index (κ2) is 4.94. The van der Waals surface area contributed by atoms with Crippen LogP contribution in [0.5, 0.6) is 5.75 Å². The van der Waals surface area contributed by atoms with Gasteiger partial charge in [0.2, 0.25) is 0 Å². The van der Waals surface area contributed by atoms with Gasteiger partial charge in [-0.3, -0.25) is 0 Å². The number of pyridine rings is 1. The molecule has 0 fully saturated rings. The van der Waals surface area contributed by atoms with E-state index < -0.39 is 0 Å². The highest BCUT2D eigenvalue weighted by Gasteiger charge is 2.07. The van der Waals surface area contributed by atoms with Gasteiger partial charge in [-0.2, -0.15) is 0 Å². The average Bonchev–Trinajstić information content (AvgIpc) is 2.42. The van der Waals surface area contributed by atoms with Crippen molar-refractivity contribution in [3.05, 3.63) is 60.3 Å². The van der Waals surface area contributed by atoms with Crippen molar-refractivity contribution in [3.63, 3.8) is 0 Å². The van der Waals surface area contributed by atoms with Gasteiger partial charge in [-0.05, 0) is 42.1 Å². The zero-order chi connectivity index (χ0) is 13.2. The Kier molecular flexibility index (Phi) is 3.13. The first-order chi connectivity index (χ1) is 9.24. The van der Waals surface area contributed by atoms with Crippen molar-refractivity contribution >= 4 is 22.5 Å². The Morgan fingerprint density at radius 1 is 1.00 bits per heavy atom. The number of phenols is 1. The molecule has 0 atom stereocenters. The quantitative estimate of drug-likeness (QED) is 0.747. The fourth-order valence-corrected chi connectivity index (χ4v) is 3.03. The third-order valence-electron chi connectivity index (χ3n) is 2.97. The number of benzene rings is 2. The molecule has 3 aromatic rings. The second-order valence-electron chi connectivity index (χ2n) is 4.40. The van der Waals surface area contributed by atoms with Crippen LogP contribution in [0.15, 0.2) is 64.6 Å². The molecule has 0 radical (unpaired) electrons. The van der Waals surface area contributed by atoms with E-state index in [0.717, 1.165) is 20.7 Å². The molecule has 0 aliphatic rings. The first kappa shape index (κ1) is 12.1. The highest BCUT2D eigenvalue weighted by molar-refractivity contribution is 7.99. The van der Waals surface area contributed by atoms with E-state index in [4.69, 9.17) is 0 Å². The maximum atomic E-state index is 9.88. The lowest BCUT2D eigenvalue weighted by Gasteiger charge is -2.07. The summed E-state index contributed by atoms with van der Waals surface area (Å²) in [7, 11) is 0. The summed E-state index contributed by atoms with van der Waals surface area (Å²) in [5, 5.41) is 12.8. The SMILES string of the molecule is Cc1ccnc(Sc2ccc(O)c3ccccc23)c1. The number of fused-ring (bicyclic) bond motifs is 1. The normalized spacial score (nSPS) is 10.8. The van der Waals surface area contributed by atoms with E-state index in [9.17, 15) is 5.11 Å². The molecule has 3 rings (SSSR count). The fraction of sp³-hybridized carbons (Fsp3) is 0.0625. The van der Waals surface area contributed by atoms with Crippen molar-refractivity contribution in [3.8, 4) is 5.75 Å². The molecule has 0 saturated heterocycles. The Hall–Kier alpha value is -2.00. The van der Waals surface area contributed by atoms with Crippen LogP contribution >= 0.6 is 11.8 Å². The van der Waals surface area contributed by atoms with Gasteiger partial charge in [0.25, 0.3) is 0 Å². The van der Waals surface area contributed by atoms with Crippen LogP contribution in [0, 0.1) is 6.92 Å². The molecule has 1 N–H and O–H groups in total. The van der Waals surface area contributed by atoms with Crippen molar-refractivity contribution in [2.24, 2.45) is 0 Å². The second-order valence-corrected chi connectivity index (χ2v) is 5.46. The van der Waals surface area contributed by atoms with E-state index >= 15 is 0 Å². The molecule has 19 heavy (non-hydrogen) atoms. The zero-order valence-electron chi connectivity index (χ0n) is 10.5. The maximum absolute atomic E-state index is 9.88. The predicted octanol–water partition coefficient (Wildman–Crippen LogP) is 4.40. The Bertz CT molecular complexity index is 740. The van der Waals surface area contributed by atoms with Gasteiger partial charge in [0.1, 0.15) is 10.8 Å². The minimum Gasteiger partial charge on any atom is -0.507 e. The summed E-state index contributed by atoms with van der Waals surface area (Å²) in [6, 6.07) is 15.6. The molecule has 0 aliphatic carbocycles. The topological polar surface area (TPSA) is 33.1 Å². The van der Waals surface area contributed by atoms with Crippen LogP contribution in [0.1, 0.15) is 5.56 Å². The van der Waals surface area contributed by atoms with E-state index in [2.05, 4.69) is 18.0 Å². The van der Waals surface area contributed by atoms with Crippen LogP contribution in [0.3, 0.4) is 0 Å². The Labute approximate surface area is 116 Å². The number of hydrogen-bond acceptors (Lipinski definition) is 3. The van der Waals surface area contributed by atoms with Crippen LogP contribution in [-0.4, -0.2) is 10.1 Å².